The lowest BCUT2D eigenvalue weighted by atomic mass is 10.0. The van der Waals surface area contributed by atoms with Crippen molar-refractivity contribution in [2.75, 3.05) is 13.2 Å². The minimum absolute atomic E-state index is 0.139. The van der Waals surface area contributed by atoms with Gasteiger partial charge in [0.2, 0.25) is 0 Å². The molecule has 0 spiro atoms. The summed E-state index contributed by atoms with van der Waals surface area (Å²) in [7, 11) is 1.94. The lowest BCUT2D eigenvalue weighted by molar-refractivity contribution is 0.297. The number of fused-ring (bicyclic) bond motifs is 1. The fourth-order valence-corrected chi connectivity index (χ4v) is 2.36. The van der Waals surface area contributed by atoms with E-state index in [1.54, 1.807) is 12.5 Å². The zero-order chi connectivity index (χ0) is 13.9. The van der Waals surface area contributed by atoms with Gasteiger partial charge in [-0.1, -0.05) is 6.07 Å². The molecule has 6 nitrogen and oxygen atoms in total. The van der Waals surface area contributed by atoms with Crippen LogP contribution in [0, 0.1) is 0 Å². The van der Waals surface area contributed by atoms with E-state index in [1.165, 1.54) is 0 Å². The van der Waals surface area contributed by atoms with Crippen LogP contribution in [-0.2, 0) is 7.05 Å². The smallest absolute Gasteiger partial charge is 0.161 e. The molecule has 0 saturated heterocycles. The molecule has 0 saturated carbocycles. The van der Waals surface area contributed by atoms with Crippen LogP contribution >= 0.6 is 0 Å². The second-order valence-electron chi connectivity index (χ2n) is 4.79. The Kier molecular flexibility index (Phi) is 3.58. The molecular weight excluding hydrogens is 256 g/mol. The van der Waals surface area contributed by atoms with Crippen LogP contribution < -0.4 is 20.7 Å². The van der Waals surface area contributed by atoms with E-state index in [4.69, 9.17) is 15.3 Å². The molecule has 1 aliphatic rings. The third kappa shape index (κ3) is 2.35. The average Bonchev–Trinajstić information content (AvgIpc) is 2.75. The summed E-state index contributed by atoms with van der Waals surface area (Å²) in [5.74, 6) is 7.26. The second-order valence-corrected chi connectivity index (χ2v) is 4.79. The largest absolute Gasteiger partial charge is 0.490 e. The van der Waals surface area contributed by atoms with Crippen molar-refractivity contribution in [3.05, 3.63) is 42.0 Å². The van der Waals surface area contributed by atoms with Crippen LogP contribution in [0.1, 0.15) is 23.7 Å². The SMILES string of the molecule is Cn1cncc1C(NN)c1ccc2c(c1)OCCCO2. The van der Waals surface area contributed by atoms with Crippen molar-refractivity contribution in [3.8, 4) is 11.5 Å². The molecule has 1 atom stereocenters. The van der Waals surface area contributed by atoms with Crippen LogP contribution in [0.3, 0.4) is 0 Å². The third-order valence-corrected chi connectivity index (χ3v) is 3.42. The number of aromatic nitrogens is 2. The Hall–Kier alpha value is -2.05. The molecule has 6 heteroatoms. The Balaban J connectivity index is 1.96. The summed E-state index contributed by atoms with van der Waals surface area (Å²) < 4.78 is 13.3. The molecule has 2 heterocycles. The van der Waals surface area contributed by atoms with Gasteiger partial charge < -0.3 is 14.0 Å². The van der Waals surface area contributed by atoms with E-state index in [1.807, 2.05) is 29.8 Å². The first kappa shape index (κ1) is 13.0. The zero-order valence-corrected chi connectivity index (χ0v) is 11.4. The van der Waals surface area contributed by atoms with Gasteiger partial charge in [-0.3, -0.25) is 5.84 Å². The molecule has 0 aliphatic carbocycles. The molecular formula is C14H18N4O2. The van der Waals surface area contributed by atoms with Gasteiger partial charge in [-0.05, 0) is 17.7 Å². The number of aryl methyl sites for hydroxylation is 1. The summed E-state index contributed by atoms with van der Waals surface area (Å²) in [5, 5.41) is 0. The first-order valence-electron chi connectivity index (χ1n) is 6.61. The van der Waals surface area contributed by atoms with Crippen molar-refractivity contribution >= 4 is 0 Å². The van der Waals surface area contributed by atoms with Gasteiger partial charge in [0.15, 0.2) is 11.5 Å². The minimum atomic E-state index is -0.139. The van der Waals surface area contributed by atoms with Gasteiger partial charge in [-0.25, -0.2) is 10.4 Å². The summed E-state index contributed by atoms with van der Waals surface area (Å²) in [6.45, 7) is 1.36. The van der Waals surface area contributed by atoms with Gasteiger partial charge in [0.05, 0.1) is 37.5 Å². The Labute approximate surface area is 117 Å². The Morgan fingerprint density at radius 2 is 2.10 bits per heavy atom. The van der Waals surface area contributed by atoms with Crippen molar-refractivity contribution in [1.82, 2.24) is 15.0 Å². The highest BCUT2D eigenvalue weighted by molar-refractivity contribution is 5.45. The lowest BCUT2D eigenvalue weighted by Gasteiger charge is -2.18. The minimum Gasteiger partial charge on any atom is -0.490 e. The van der Waals surface area contributed by atoms with Crippen LogP contribution in [0.2, 0.25) is 0 Å². The molecule has 0 fully saturated rings. The van der Waals surface area contributed by atoms with Crippen molar-refractivity contribution in [2.45, 2.75) is 12.5 Å². The maximum atomic E-state index is 5.72. The molecule has 3 N–H and O–H groups in total. The standard InChI is InChI=1S/C14H18N4O2/c1-18-9-16-8-11(18)14(17-15)10-3-4-12-13(7-10)20-6-2-5-19-12/h3-4,7-9,14,17H,2,5-6,15H2,1H3. The van der Waals surface area contributed by atoms with E-state index >= 15 is 0 Å². The molecule has 20 heavy (non-hydrogen) atoms. The van der Waals surface area contributed by atoms with Gasteiger partial charge in [-0.15, -0.1) is 0 Å². The van der Waals surface area contributed by atoms with E-state index in [9.17, 15) is 0 Å². The molecule has 0 bridgehead atoms. The second kappa shape index (κ2) is 5.52. The number of nitrogens with zero attached hydrogens (tertiary/aromatic N) is 2. The summed E-state index contributed by atoms with van der Waals surface area (Å²) in [6, 6.07) is 5.75. The van der Waals surface area contributed by atoms with Crippen molar-refractivity contribution in [3.63, 3.8) is 0 Å². The first-order chi connectivity index (χ1) is 9.79. The first-order valence-corrected chi connectivity index (χ1v) is 6.61. The van der Waals surface area contributed by atoms with Crippen LogP contribution in [0.5, 0.6) is 11.5 Å². The number of ether oxygens (including phenoxy) is 2. The highest BCUT2D eigenvalue weighted by atomic mass is 16.5. The topological polar surface area (TPSA) is 74.3 Å². The van der Waals surface area contributed by atoms with Gasteiger partial charge in [0, 0.05) is 13.5 Å². The third-order valence-electron chi connectivity index (χ3n) is 3.42. The lowest BCUT2D eigenvalue weighted by Crippen LogP contribution is -2.30. The number of imidazole rings is 1. The number of rotatable bonds is 3. The fourth-order valence-electron chi connectivity index (χ4n) is 2.36. The van der Waals surface area contributed by atoms with Crippen LogP contribution in [0.15, 0.2) is 30.7 Å². The zero-order valence-electron chi connectivity index (χ0n) is 11.4. The van der Waals surface area contributed by atoms with Gasteiger partial charge in [0.25, 0.3) is 0 Å². The molecule has 1 unspecified atom stereocenters. The Morgan fingerprint density at radius 1 is 1.30 bits per heavy atom. The maximum Gasteiger partial charge on any atom is 0.161 e. The van der Waals surface area contributed by atoms with Gasteiger partial charge in [-0.2, -0.15) is 0 Å². The highest BCUT2D eigenvalue weighted by Gasteiger charge is 2.19. The molecule has 1 aromatic heterocycles. The molecule has 0 amide bonds. The molecule has 2 aromatic rings. The van der Waals surface area contributed by atoms with Crippen molar-refractivity contribution < 1.29 is 9.47 Å². The van der Waals surface area contributed by atoms with E-state index in [0.29, 0.717) is 13.2 Å². The Bertz CT molecular complexity index is 597. The molecule has 1 aromatic carbocycles. The summed E-state index contributed by atoms with van der Waals surface area (Å²) in [4.78, 5) is 4.13. The number of hydrogen-bond donors (Lipinski definition) is 2. The number of hydrogen-bond acceptors (Lipinski definition) is 5. The molecule has 106 valence electrons. The monoisotopic (exact) mass is 274 g/mol. The summed E-state index contributed by atoms with van der Waals surface area (Å²) in [6.07, 6.45) is 4.45. The van der Waals surface area contributed by atoms with Crippen LogP contribution in [0.4, 0.5) is 0 Å². The number of benzene rings is 1. The van der Waals surface area contributed by atoms with Gasteiger partial charge >= 0.3 is 0 Å². The quantitative estimate of drug-likeness (QED) is 0.648. The molecule has 3 rings (SSSR count). The fraction of sp³-hybridized carbons (Fsp3) is 0.357. The average molecular weight is 274 g/mol. The number of nitrogens with one attached hydrogen (secondary N) is 1. The van der Waals surface area contributed by atoms with E-state index < -0.39 is 0 Å². The summed E-state index contributed by atoms with van der Waals surface area (Å²) >= 11 is 0. The maximum absolute atomic E-state index is 5.72. The van der Waals surface area contributed by atoms with E-state index in [0.717, 1.165) is 29.2 Å². The van der Waals surface area contributed by atoms with E-state index in [-0.39, 0.29) is 6.04 Å². The molecule has 0 radical (unpaired) electrons. The normalized spacial score (nSPS) is 15.7. The number of nitrogens with two attached hydrogens (primary N) is 1. The predicted octanol–water partition coefficient (Wildman–Crippen LogP) is 1.13. The van der Waals surface area contributed by atoms with E-state index in [2.05, 4.69) is 10.4 Å². The van der Waals surface area contributed by atoms with Crippen molar-refractivity contribution in [2.24, 2.45) is 12.9 Å². The predicted molar refractivity (Wildman–Crippen MR) is 74.4 cm³/mol. The highest BCUT2D eigenvalue weighted by Crippen LogP contribution is 2.33. The Morgan fingerprint density at radius 3 is 2.80 bits per heavy atom. The van der Waals surface area contributed by atoms with Gasteiger partial charge in [0.1, 0.15) is 0 Å². The van der Waals surface area contributed by atoms with Crippen molar-refractivity contribution in [1.29, 1.82) is 0 Å². The number of hydrazine groups is 1. The summed E-state index contributed by atoms with van der Waals surface area (Å²) in [5.41, 5.74) is 4.83. The van der Waals surface area contributed by atoms with Crippen LogP contribution in [0.25, 0.3) is 0 Å². The molecule has 1 aliphatic heterocycles. The van der Waals surface area contributed by atoms with Crippen LogP contribution in [-0.4, -0.2) is 22.8 Å².